The van der Waals surface area contributed by atoms with Crippen molar-refractivity contribution in [2.24, 2.45) is 0 Å². The van der Waals surface area contributed by atoms with E-state index < -0.39 is 11.9 Å². The van der Waals surface area contributed by atoms with Crippen LogP contribution in [0.2, 0.25) is 0 Å². The van der Waals surface area contributed by atoms with Crippen molar-refractivity contribution < 1.29 is 13.2 Å². The minimum absolute atomic E-state index is 0.0837. The minimum Gasteiger partial charge on any atom is -0.229 e. The van der Waals surface area contributed by atoms with Gasteiger partial charge in [-0.25, -0.2) is 9.20 Å². The summed E-state index contributed by atoms with van der Waals surface area (Å²) in [6.45, 7) is 1.88. The van der Waals surface area contributed by atoms with Gasteiger partial charge < -0.3 is 0 Å². The number of para-hydroxylation sites is 1. The largest absolute Gasteiger partial charge is 0.433 e. The van der Waals surface area contributed by atoms with Crippen molar-refractivity contribution in [1.29, 1.82) is 5.26 Å². The summed E-state index contributed by atoms with van der Waals surface area (Å²) in [5.74, 6) is -0.342. The van der Waals surface area contributed by atoms with Gasteiger partial charge in [0.1, 0.15) is 17.5 Å². The number of nitriles is 1. The normalized spacial score (nSPS) is 12.0. The molecule has 0 N–H and O–H groups in total. The van der Waals surface area contributed by atoms with E-state index in [9.17, 15) is 13.2 Å². The van der Waals surface area contributed by atoms with E-state index in [2.05, 4.69) is 15.2 Å². The first-order chi connectivity index (χ1) is 11.9. The molecule has 4 rings (SSSR count). The molecule has 0 atom stereocenters. The number of hydrogen-bond acceptors (Lipinski definition) is 4. The zero-order valence-electron chi connectivity index (χ0n) is 12.8. The fraction of sp³-hybridized carbons (Fsp3) is 0.125. The van der Waals surface area contributed by atoms with Crippen molar-refractivity contribution in [1.82, 2.24) is 24.4 Å². The van der Waals surface area contributed by atoms with Crippen LogP contribution in [0.25, 0.3) is 22.2 Å². The molecule has 0 bridgehead atoms. The predicted octanol–water partition coefficient (Wildman–Crippen LogP) is 3.27. The smallest absolute Gasteiger partial charge is 0.229 e. The van der Waals surface area contributed by atoms with Crippen LogP contribution in [-0.4, -0.2) is 24.4 Å². The summed E-state index contributed by atoms with van der Waals surface area (Å²) in [4.78, 5) is 3.93. The molecule has 3 heterocycles. The third-order valence-corrected chi connectivity index (χ3v) is 3.88. The molecule has 0 spiro atoms. The fourth-order valence-corrected chi connectivity index (χ4v) is 2.81. The van der Waals surface area contributed by atoms with Crippen LogP contribution >= 0.6 is 0 Å². The van der Waals surface area contributed by atoms with Gasteiger partial charge in [0.2, 0.25) is 0 Å². The third kappa shape index (κ3) is 2.22. The molecule has 3 aromatic heterocycles. The van der Waals surface area contributed by atoms with Gasteiger partial charge in [-0.2, -0.15) is 28.5 Å². The molecule has 0 radical (unpaired) electrons. The van der Waals surface area contributed by atoms with E-state index in [-0.39, 0.29) is 11.5 Å². The Morgan fingerprint density at radius 3 is 2.68 bits per heavy atom. The summed E-state index contributed by atoms with van der Waals surface area (Å²) < 4.78 is 41.8. The van der Waals surface area contributed by atoms with E-state index in [0.717, 1.165) is 22.5 Å². The number of alkyl halides is 3. The average molecular weight is 342 g/mol. The van der Waals surface area contributed by atoms with E-state index in [1.807, 2.05) is 25.1 Å². The van der Waals surface area contributed by atoms with Gasteiger partial charge in [-0.1, -0.05) is 18.2 Å². The Morgan fingerprint density at radius 2 is 1.96 bits per heavy atom. The molecule has 124 valence electrons. The standard InChI is InChI=1S/C16H9F3N6/c1-9-3-2-4-10-8-21-24(14(9)10)11-5-6-12(16(17,18)19)25-15(11)22-13(7-20)23-25/h2-6,8H,1H3. The highest BCUT2D eigenvalue weighted by Crippen LogP contribution is 2.32. The molecular formula is C16H9F3N6. The first kappa shape index (κ1) is 15.1. The number of rotatable bonds is 1. The molecule has 0 aliphatic carbocycles. The third-order valence-electron chi connectivity index (χ3n) is 3.88. The number of fused-ring (bicyclic) bond motifs is 2. The maximum Gasteiger partial charge on any atom is 0.433 e. The summed E-state index contributed by atoms with van der Waals surface area (Å²) in [5, 5.41) is 17.8. The lowest BCUT2D eigenvalue weighted by Crippen LogP contribution is -2.14. The van der Waals surface area contributed by atoms with Gasteiger partial charge >= 0.3 is 6.18 Å². The van der Waals surface area contributed by atoms with E-state index in [1.165, 1.54) is 10.7 Å². The molecule has 0 unspecified atom stereocenters. The molecule has 0 aliphatic rings. The van der Waals surface area contributed by atoms with Crippen LogP contribution in [0.5, 0.6) is 0 Å². The number of nitrogens with zero attached hydrogens (tertiary/aromatic N) is 6. The number of hydrogen-bond donors (Lipinski definition) is 0. The Bertz CT molecular complexity index is 1160. The van der Waals surface area contributed by atoms with Gasteiger partial charge in [0.25, 0.3) is 5.82 Å². The Morgan fingerprint density at radius 1 is 1.16 bits per heavy atom. The molecule has 1 aromatic carbocycles. The van der Waals surface area contributed by atoms with Gasteiger partial charge in [-0.15, -0.1) is 5.10 Å². The van der Waals surface area contributed by atoms with Gasteiger partial charge in [0.05, 0.1) is 11.7 Å². The van der Waals surface area contributed by atoms with Crippen LogP contribution in [0.3, 0.4) is 0 Å². The van der Waals surface area contributed by atoms with Gasteiger partial charge in [-0.3, -0.25) is 0 Å². The first-order valence-electron chi connectivity index (χ1n) is 7.21. The number of benzene rings is 1. The first-order valence-corrected chi connectivity index (χ1v) is 7.21. The summed E-state index contributed by atoms with van der Waals surface area (Å²) >= 11 is 0. The summed E-state index contributed by atoms with van der Waals surface area (Å²) in [6, 6.07) is 9.48. The zero-order valence-corrected chi connectivity index (χ0v) is 12.8. The maximum atomic E-state index is 13.2. The van der Waals surface area contributed by atoms with Crippen LogP contribution in [0.4, 0.5) is 13.2 Å². The molecule has 0 saturated carbocycles. The summed E-state index contributed by atoms with van der Waals surface area (Å²) in [7, 11) is 0. The van der Waals surface area contributed by atoms with Crippen molar-refractivity contribution in [2.75, 3.05) is 0 Å². The molecule has 0 saturated heterocycles. The van der Waals surface area contributed by atoms with Crippen molar-refractivity contribution in [3.63, 3.8) is 0 Å². The number of pyridine rings is 1. The molecule has 0 amide bonds. The quantitative estimate of drug-likeness (QED) is 0.532. The molecule has 0 aliphatic heterocycles. The second-order valence-corrected chi connectivity index (χ2v) is 5.45. The zero-order chi connectivity index (χ0) is 17.8. The average Bonchev–Trinajstić information content (AvgIpc) is 3.17. The Hall–Kier alpha value is -3.41. The van der Waals surface area contributed by atoms with Crippen LogP contribution in [0.15, 0.2) is 36.5 Å². The lowest BCUT2D eigenvalue weighted by Gasteiger charge is -2.11. The molecule has 25 heavy (non-hydrogen) atoms. The predicted molar refractivity (Wildman–Crippen MR) is 82.1 cm³/mol. The van der Waals surface area contributed by atoms with Crippen molar-refractivity contribution in [3.05, 3.63) is 53.6 Å². The monoisotopic (exact) mass is 342 g/mol. The summed E-state index contributed by atoms with van der Waals surface area (Å²) in [6.07, 6.45) is -3.00. The van der Waals surface area contributed by atoms with Gasteiger partial charge in [-0.05, 0) is 24.6 Å². The highest BCUT2D eigenvalue weighted by atomic mass is 19.4. The number of halogens is 3. The number of aryl methyl sites for hydroxylation is 1. The van der Waals surface area contributed by atoms with Crippen LogP contribution in [0.1, 0.15) is 17.1 Å². The second-order valence-electron chi connectivity index (χ2n) is 5.45. The highest BCUT2D eigenvalue weighted by Gasteiger charge is 2.35. The van der Waals surface area contributed by atoms with Crippen molar-refractivity contribution in [2.45, 2.75) is 13.1 Å². The van der Waals surface area contributed by atoms with Gasteiger partial charge in [0.15, 0.2) is 5.65 Å². The topological polar surface area (TPSA) is 71.8 Å². The Kier molecular flexibility index (Phi) is 3.05. The molecule has 9 heteroatoms. The SMILES string of the molecule is Cc1cccc2cnn(-c3ccc(C(F)(F)F)n4nc(C#N)nc34)c12. The van der Waals surface area contributed by atoms with E-state index >= 15 is 0 Å². The molecule has 6 nitrogen and oxygen atoms in total. The Balaban J connectivity index is 2.09. The van der Waals surface area contributed by atoms with Crippen LogP contribution in [0, 0.1) is 18.3 Å². The molecule has 0 fully saturated rings. The lowest BCUT2D eigenvalue weighted by molar-refractivity contribution is -0.142. The minimum atomic E-state index is -4.63. The van der Waals surface area contributed by atoms with Crippen molar-refractivity contribution in [3.8, 4) is 11.8 Å². The molecular weight excluding hydrogens is 333 g/mol. The van der Waals surface area contributed by atoms with E-state index in [0.29, 0.717) is 10.2 Å². The van der Waals surface area contributed by atoms with Gasteiger partial charge in [0, 0.05) is 5.39 Å². The van der Waals surface area contributed by atoms with Crippen molar-refractivity contribution >= 4 is 16.6 Å². The van der Waals surface area contributed by atoms with E-state index in [4.69, 9.17) is 5.26 Å². The lowest BCUT2D eigenvalue weighted by atomic mass is 10.1. The Labute approximate surface area is 138 Å². The van der Waals surface area contributed by atoms with Crippen LogP contribution in [-0.2, 0) is 6.18 Å². The van der Waals surface area contributed by atoms with E-state index in [1.54, 1.807) is 12.3 Å². The maximum absolute atomic E-state index is 13.2. The number of aromatic nitrogens is 5. The molecule has 4 aromatic rings. The summed E-state index contributed by atoms with van der Waals surface area (Å²) in [5.41, 5.74) is 0.887. The second kappa shape index (κ2) is 5.04. The fourth-order valence-electron chi connectivity index (χ4n) is 2.81. The highest BCUT2D eigenvalue weighted by molar-refractivity contribution is 5.84. The van der Waals surface area contributed by atoms with Crippen LogP contribution < -0.4 is 0 Å².